The largest absolute Gasteiger partial charge is 0.322 e. The normalized spacial score (nSPS) is 10.5. The van der Waals surface area contributed by atoms with Crippen molar-refractivity contribution in [2.75, 3.05) is 5.32 Å². The molecule has 1 N–H and O–H groups in total. The lowest BCUT2D eigenvalue weighted by molar-refractivity contribution is 0.102. The van der Waals surface area contributed by atoms with Gasteiger partial charge in [0.2, 0.25) is 0 Å². The van der Waals surface area contributed by atoms with Crippen LogP contribution in [0.4, 0.5) is 5.69 Å². The van der Waals surface area contributed by atoms with Crippen molar-refractivity contribution in [2.24, 2.45) is 7.05 Å². The Labute approximate surface area is 129 Å². The molecule has 3 rings (SSSR count). The molecule has 0 aliphatic heterocycles. The zero-order valence-corrected chi connectivity index (χ0v) is 12.6. The molecule has 0 bridgehead atoms. The van der Waals surface area contributed by atoms with Crippen LogP contribution in [0.1, 0.15) is 16.1 Å². The van der Waals surface area contributed by atoms with Gasteiger partial charge in [0.15, 0.2) is 0 Å². The summed E-state index contributed by atoms with van der Waals surface area (Å²) in [6, 6.07) is 18.0. The van der Waals surface area contributed by atoms with E-state index in [1.807, 2.05) is 56.4 Å². The molecule has 0 unspecified atom stereocenters. The van der Waals surface area contributed by atoms with Crippen LogP contribution in [-0.2, 0) is 7.05 Å². The summed E-state index contributed by atoms with van der Waals surface area (Å²) in [6.45, 7) is 1.88. The third kappa shape index (κ3) is 2.76. The molecule has 0 radical (unpaired) electrons. The number of aryl methyl sites for hydroxylation is 1. The van der Waals surface area contributed by atoms with Gasteiger partial charge in [0.1, 0.15) is 0 Å². The molecule has 0 saturated carbocycles. The minimum absolute atomic E-state index is 0.141. The topological polar surface area (TPSA) is 46.9 Å². The van der Waals surface area contributed by atoms with Gasteiger partial charge in [-0.25, -0.2) is 0 Å². The van der Waals surface area contributed by atoms with Crippen LogP contribution >= 0.6 is 0 Å². The highest BCUT2D eigenvalue weighted by molar-refractivity contribution is 6.04. The van der Waals surface area contributed by atoms with Crippen molar-refractivity contribution in [3.63, 3.8) is 0 Å². The standard InChI is InChI=1S/C18H17N3O/c1-13-17(12-19-21(13)2)18(22)20-16-10-8-15(9-11-16)14-6-4-3-5-7-14/h3-12H,1-2H3,(H,20,22). The maximum Gasteiger partial charge on any atom is 0.259 e. The molecular weight excluding hydrogens is 274 g/mol. The molecule has 1 heterocycles. The summed E-state index contributed by atoms with van der Waals surface area (Å²) in [5, 5.41) is 6.99. The van der Waals surface area contributed by atoms with Crippen molar-refractivity contribution in [3.05, 3.63) is 72.1 Å². The molecule has 3 aromatic rings. The number of aromatic nitrogens is 2. The van der Waals surface area contributed by atoms with Gasteiger partial charge in [-0.2, -0.15) is 5.10 Å². The Balaban J connectivity index is 1.77. The Morgan fingerprint density at radius 2 is 1.64 bits per heavy atom. The lowest BCUT2D eigenvalue weighted by Crippen LogP contribution is -2.12. The van der Waals surface area contributed by atoms with Crippen molar-refractivity contribution >= 4 is 11.6 Å². The molecule has 0 aliphatic carbocycles. The first-order valence-electron chi connectivity index (χ1n) is 7.10. The fraction of sp³-hybridized carbons (Fsp3) is 0.111. The van der Waals surface area contributed by atoms with E-state index >= 15 is 0 Å². The Morgan fingerprint density at radius 3 is 2.23 bits per heavy atom. The van der Waals surface area contributed by atoms with Crippen LogP contribution < -0.4 is 5.32 Å². The molecular formula is C18H17N3O. The Kier molecular flexibility index (Phi) is 3.74. The second-order valence-electron chi connectivity index (χ2n) is 5.16. The fourth-order valence-electron chi connectivity index (χ4n) is 2.30. The first kappa shape index (κ1) is 14.1. The number of amides is 1. The van der Waals surface area contributed by atoms with Crippen LogP contribution in [-0.4, -0.2) is 15.7 Å². The number of nitrogens with zero attached hydrogens (tertiary/aromatic N) is 2. The highest BCUT2D eigenvalue weighted by Crippen LogP contribution is 2.21. The minimum atomic E-state index is -0.141. The van der Waals surface area contributed by atoms with E-state index in [4.69, 9.17) is 0 Å². The quantitative estimate of drug-likeness (QED) is 0.800. The number of anilines is 1. The van der Waals surface area contributed by atoms with E-state index in [2.05, 4.69) is 22.5 Å². The number of hydrogen-bond donors (Lipinski definition) is 1. The predicted molar refractivity (Wildman–Crippen MR) is 87.8 cm³/mol. The first-order valence-corrected chi connectivity index (χ1v) is 7.10. The van der Waals surface area contributed by atoms with Gasteiger partial charge in [-0.3, -0.25) is 9.48 Å². The van der Waals surface area contributed by atoms with E-state index in [9.17, 15) is 4.79 Å². The molecule has 1 aromatic heterocycles. The minimum Gasteiger partial charge on any atom is -0.322 e. The predicted octanol–water partition coefficient (Wildman–Crippen LogP) is 3.65. The molecule has 0 aliphatic rings. The monoisotopic (exact) mass is 291 g/mol. The number of nitrogens with one attached hydrogen (secondary N) is 1. The van der Waals surface area contributed by atoms with E-state index in [0.29, 0.717) is 5.56 Å². The molecule has 1 amide bonds. The summed E-state index contributed by atoms with van der Waals surface area (Å²) < 4.78 is 1.69. The summed E-state index contributed by atoms with van der Waals surface area (Å²) in [6.07, 6.45) is 1.59. The Bertz CT molecular complexity index is 789. The van der Waals surface area contributed by atoms with Gasteiger partial charge in [0.25, 0.3) is 5.91 Å². The average molecular weight is 291 g/mol. The Morgan fingerprint density at radius 1 is 1.00 bits per heavy atom. The van der Waals surface area contributed by atoms with E-state index < -0.39 is 0 Å². The average Bonchev–Trinajstić information content (AvgIpc) is 2.88. The van der Waals surface area contributed by atoms with Gasteiger partial charge in [-0.1, -0.05) is 42.5 Å². The van der Waals surface area contributed by atoms with E-state index in [-0.39, 0.29) is 5.91 Å². The third-order valence-corrected chi connectivity index (χ3v) is 3.73. The number of carbonyl (C=O) groups is 1. The lowest BCUT2D eigenvalue weighted by Gasteiger charge is -2.07. The highest BCUT2D eigenvalue weighted by atomic mass is 16.1. The molecule has 4 heteroatoms. The maximum absolute atomic E-state index is 12.2. The molecule has 2 aromatic carbocycles. The van der Waals surface area contributed by atoms with Crippen LogP contribution in [0.3, 0.4) is 0 Å². The number of carbonyl (C=O) groups excluding carboxylic acids is 1. The number of hydrogen-bond acceptors (Lipinski definition) is 2. The second kappa shape index (κ2) is 5.85. The molecule has 0 atom stereocenters. The summed E-state index contributed by atoms with van der Waals surface area (Å²) in [7, 11) is 1.82. The second-order valence-corrected chi connectivity index (χ2v) is 5.16. The van der Waals surface area contributed by atoms with Crippen molar-refractivity contribution in [3.8, 4) is 11.1 Å². The van der Waals surface area contributed by atoms with Gasteiger partial charge in [0.05, 0.1) is 11.8 Å². The van der Waals surface area contributed by atoms with Gasteiger partial charge in [-0.15, -0.1) is 0 Å². The van der Waals surface area contributed by atoms with E-state index in [1.54, 1.807) is 10.9 Å². The molecule has 4 nitrogen and oxygen atoms in total. The van der Waals surface area contributed by atoms with Crippen molar-refractivity contribution in [2.45, 2.75) is 6.92 Å². The third-order valence-electron chi connectivity index (χ3n) is 3.73. The Hall–Kier alpha value is -2.88. The molecule has 22 heavy (non-hydrogen) atoms. The van der Waals surface area contributed by atoms with E-state index in [0.717, 1.165) is 22.5 Å². The van der Waals surface area contributed by atoms with Crippen LogP contribution in [0.25, 0.3) is 11.1 Å². The summed E-state index contributed by atoms with van der Waals surface area (Å²) in [5.74, 6) is -0.141. The smallest absolute Gasteiger partial charge is 0.259 e. The highest BCUT2D eigenvalue weighted by Gasteiger charge is 2.12. The molecule has 110 valence electrons. The first-order chi connectivity index (χ1) is 10.6. The summed E-state index contributed by atoms with van der Waals surface area (Å²) in [5.41, 5.74) is 4.49. The summed E-state index contributed by atoms with van der Waals surface area (Å²) >= 11 is 0. The van der Waals surface area contributed by atoms with Crippen molar-refractivity contribution < 1.29 is 4.79 Å². The molecule has 0 fully saturated rings. The zero-order valence-electron chi connectivity index (χ0n) is 12.6. The zero-order chi connectivity index (χ0) is 15.5. The SMILES string of the molecule is Cc1c(C(=O)Nc2ccc(-c3ccccc3)cc2)cnn1C. The van der Waals surface area contributed by atoms with Crippen LogP contribution in [0.5, 0.6) is 0 Å². The van der Waals surface area contributed by atoms with Gasteiger partial charge >= 0.3 is 0 Å². The van der Waals surface area contributed by atoms with Gasteiger partial charge in [-0.05, 0) is 30.2 Å². The summed E-state index contributed by atoms with van der Waals surface area (Å²) in [4.78, 5) is 12.2. The van der Waals surface area contributed by atoms with Crippen molar-refractivity contribution in [1.29, 1.82) is 0 Å². The molecule has 0 saturated heterocycles. The molecule has 0 spiro atoms. The van der Waals surface area contributed by atoms with Crippen LogP contribution in [0.15, 0.2) is 60.8 Å². The van der Waals surface area contributed by atoms with Gasteiger partial charge in [0, 0.05) is 18.4 Å². The van der Waals surface area contributed by atoms with Crippen LogP contribution in [0.2, 0.25) is 0 Å². The maximum atomic E-state index is 12.2. The van der Waals surface area contributed by atoms with Gasteiger partial charge < -0.3 is 5.32 Å². The fourth-order valence-corrected chi connectivity index (χ4v) is 2.30. The van der Waals surface area contributed by atoms with E-state index in [1.165, 1.54) is 0 Å². The number of rotatable bonds is 3. The van der Waals surface area contributed by atoms with Crippen molar-refractivity contribution in [1.82, 2.24) is 9.78 Å². The lowest BCUT2D eigenvalue weighted by atomic mass is 10.1. The number of benzene rings is 2. The van der Waals surface area contributed by atoms with Crippen LogP contribution in [0, 0.1) is 6.92 Å².